The SMILES string of the molecule is CN(C)CCONC(=O)[C@@H]1CCC2CN1C(=O)N2OS(=O)(=O)O. The lowest BCUT2D eigenvalue weighted by atomic mass is 10.0. The van der Waals surface area contributed by atoms with Crippen molar-refractivity contribution in [3.63, 3.8) is 0 Å². The Bertz CT molecular complexity index is 567. The monoisotopic (exact) mass is 352 g/mol. The molecule has 0 radical (unpaired) electrons. The fraction of sp³-hybridized carbons (Fsp3) is 0.818. The molecule has 0 aliphatic carbocycles. The third-order valence-electron chi connectivity index (χ3n) is 3.61. The second kappa shape index (κ2) is 6.97. The van der Waals surface area contributed by atoms with Crippen LogP contribution < -0.4 is 5.48 Å². The molecule has 0 aromatic carbocycles. The Labute approximate surface area is 134 Å². The number of amides is 3. The number of rotatable bonds is 7. The third-order valence-corrected chi connectivity index (χ3v) is 3.96. The maximum atomic E-state index is 12.1. The van der Waals surface area contributed by atoms with Crippen molar-refractivity contribution in [2.45, 2.75) is 24.9 Å². The molecule has 0 spiro atoms. The van der Waals surface area contributed by atoms with E-state index in [0.29, 0.717) is 31.1 Å². The van der Waals surface area contributed by atoms with Gasteiger partial charge in [0.15, 0.2) is 0 Å². The Morgan fingerprint density at radius 3 is 2.74 bits per heavy atom. The van der Waals surface area contributed by atoms with Crippen molar-refractivity contribution >= 4 is 22.3 Å². The van der Waals surface area contributed by atoms with Gasteiger partial charge in [0.1, 0.15) is 6.04 Å². The quantitative estimate of drug-likeness (QED) is 0.325. The van der Waals surface area contributed by atoms with Crippen LogP contribution in [-0.2, 0) is 24.3 Å². The average Bonchev–Trinajstić information content (AvgIpc) is 2.67. The minimum Gasteiger partial charge on any atom is -0.309 e. The summed E-state index contributed by atoms with van der Waals surface area (Å²) in [6.45, 7) is 1.05. The normalized spacial score (nSPS) is 24.4. The lowest BCUT2D eigenvalue weighted by Crippen LogP contribution is -2.50. The second-order valence-corrected chi connectivity index (χ2v) is 6.63. The minimum absolute atomic E-state index is 0.143. The first kappa shape index (κ1) is 17.9. The van der Waals surface area contributed by atoms with Crippen LogP contribution in [0.5, 0.6) is 0 Å². The molecule has 2 atom stereocenters. The van der Waals surface area contributed by atoms with Gasteiger partial charge in [-0.25, -0.2) is 10.3 Å². The summed E-state index contributed by atoms with van der Waals surface area (Å²) in [4.78, 5) is 32.3. The van der Waals surface area contributed by atoms with Gasteiger partial charge in [0.25, 0.3) is 5.91 Å². The third kappa shape index (κ3) is 4.51. The molecule has 2 rings (SSSR count). The molecule has 12 heteroatoms. The van der Waals surface area contributed by atoms with Crippen molar-refractivity contribution in [3.8, 4) is 0 Å². The van der Waals surface area contributed by atoms with Crippen LogP contribution in [0.4, 0.5) is 4.79 Å². The largest absolute Gasteiger partial charge is 0.418 e. The van der Waals surface area contributed by atoms with E-state index in [1.165, 1.54) is 4.90 Å². The zero-order valence-electron chi connectivity index (χ0n) is 12.8. The van der Waals surface area contributed by atoms with Gasteiger partial charge in [0.2, 0.25) is 0 Å². The Kier molecular flexibility index (Phi) is 5.41. The van der Waals surface area contributed by atoms with Crippen molar-refractivity contribution in [1.82, 2.24) is 20.3 Å². The first-order valence-electron chi connectivity index (χ1n) is 7.02. The highest BCUT2D eigenvalue weighted by atomic mass is 32.3. The minimum atomic E-state index is -4.79. The highest BCUT2D eigenvalue weighted by Gasteiger charge is 2.49. The fourth-order valence-corrected chi connectivity index (χ4v) is 2.91. The van der Waals surface area contributed by atoms with E-state index < -0.39 is 34.4 Å². The number of hydrogen-bond acceptors (Lipinski definition) is 7. The molecule has 23 heavy (non-hydrogen) atoms. The van der Waals surface area contributed by atoms with E-state index >= 15 is 0 Å². The molecule has 1 unspecified atom stereocenters. The Morgan fingerprint density at radius 2 is 2.13 bits per heavy atom. The van der Waals surface area contributed by atoms with Gasteiger partial charge in [-0.2, -0.15) is 13.5 Å². The number of nitrogens with zero attached hydrogens (tertiary/aromatic N) is 3. The van der Waals surface area contributed by atoms with E-state index in [1.54, 1.807) is 0 Å². The van der Waals surface area contributed by atoms with Crippen LogP contribution in [0, 0.1) is 0 Å². The zero-order chi connectivity index (χ0) is 17.2. The van der Waals surface area contributed by atoms with E-state index in [1.807, 2.05) is 19.0 Å². The van der Waals surface area contributed by atoms with Crippen LogP contribution in [-0.4, -0.2) is 85.6 Å². The van der Waals surface area contributed by atoms with Gasteiger partial charge in [0.05, 0.1) is 12.6 Å². The molecular weight excluding hydrogens is 332 g/mol. The molecule has 132 valence electrons. The molecule has 2 N–H and O–H groups in total. The number of carbonyl (C=O) groups excluding carboxylic acids is 2. The van der Waals surface area contributed by atoms with Gasteiger partial charge in [0, 0.05) is 13.1 Å². The number of urea groups is 1. The molecule has 2 aliphatic heterocycles. The van der Waals surface area contributed by atoms with Crippen molar-refractivity contribution in [3.05, 3.63) is 0 Å². The molecular formula is C11H20N4O7S. The van der Waals surface area contributed by atoms with Gasteiger partial charge < -0.3 is 9.80 Å². The summed E-state index contributed by atoms with van der Waals surface area (Å²) in [5.41, 5.74) is 2.29. The molecule has 0 aromatic heterocycles. The van der Waals surface area contributed by atoms with Crippen LogP contribution in [0.3, 0.4) is 0 Å². The van der Waals surface area contributed by atoms with Crippen LogP contribution in [0.2, 0.25) is 0 Å². The summed E-state index contributed by atoms with van der Waals surface area (Å²) >= 11 is 0. The maximum absolute atomic E-state index is 12.1. The van der Waals surface area contributed by atoms with Crippen molar-refractivity contribution in [2.24, 2.45) is 0 Å². The first-order chi connectivity index (χ1) is 10.7. The lowest BCUT2D eigenvalue weighted by Gasteiger charge is -2.28. The maximum Gasteiger partial charge on any atom is 0.418 e. The number of hydroxylamine groups is 3. The highest BCUT2D eigenvalue weighted by Crippen LogP contribution is 2.30. The Hall–Kier alpha value is -1.47. The van der Waals surface area contributed by atoms with Gasteiger partial charge in [-0.1, -0.05) is 0 Å². The fourth-order valence-electron chi connectivity index (χ4n) is 2.52. The molecule has 2 saturated heterocycles. The highest BCUT2D eigenvalue weighted by molar-refractivity contribution is 7.80. The summed E-state index contributed by atoms with van der Waals surface area (Å²) in [5.74, 6) is -0.482. The van der Waals surface area contributed by atoms with Gasteiger partial charge >= 0.3 is 16.4 Å². The van der Waals surface area contributed by atoms with Crippen molar-refractivity contribution < 1.29 is 31.7 Å². The molecule has 2 fully saturated rings. The van der Waals surface area contributed by atoms with E-state index in [4.69, 9.17) is 9.39 Å². The molecule has 3 amide bonds. The van der Waals surface area contributed by atoms with Crippen LogP contribution in [0.1, 0.15) is 12.8 Å². The topological polar surface area (TPSA) is 129 Å². The predicted octanol–water partition coefficient (Wildman–Crippen LogP) is -1.40. The second-order valence-electron chi connectivity index (χ2n) is 5.63. The van der Waals surface area contributed by atoms with Crippen LogP contribution >= 0.6 is 0 Å². The molecule has 11 nitrogen and oxygen atoms in total. The van der Waals surface area contributed by atoms with E-state index in [-0.39, 0.29) is 6.54 Å². The number of likely N-dealkylation sites (N-methyl/N-ethyl adjacent to an activating group) is 1. The number of fused-ring (bicyclic) bond motifs is 2. The number of hydrogen-bond donors (Lipinski definition) is 2. The van der Waals surface area contributed by atoms with E-state index in [2.05, 4.69) is 9.76 Å². The molecule has 0 aromatic rings. The Balaban J connectivity index is 1.92. The smallest absolute Gasteiger partial charge is 0.309 e. The van der Waals surface area contributed by atoms with E-state index in [9.17, 15) is 18.0 Å². The van der Waals surface area contributed by atoms with Gasteiger partial charge in [-0.15, -0.1) is 4.28 Å². The predicted molar refractivity (Wildman–Crippen MR) is 76.0 cm³/mol. The van der Waals surface area contributed by atoms with Gasteiger partial charge in [-0.05, 0) is 26.9 Å². The van der Waals surface area contributed by atoms with Crippen LogP contribution in [0.25, 0.3) is 0 Å². The summed E-state index contributed by atoms with van der Waals surface area (Å²) in [6, 6.07) is -2.07. The van der Waals surface area contributed by atoms with Gasteiger partial charge in [-0.3, -0.25) is 14.2 Å². The summed E-state index contributed by atoms with van der Waals surface area (Å²) in [5, 5.41) is 0.593. The van der Waals surface area contributed by atoms with E-state index in [0.717, 1.165) is 0 Å². The number of nitrogens with one attached hydrogen (secondary N) is 1. The van der Waals surface area contributed by atoms with Crippen LogP contribution in [0.15, 0.2) is 0 Å². The number of carbonyl (C=O) groups is 2. The van der Waals surface area contributed by atoms with Crippen molar-refractivity contribution in [1.29, 1.82) is 0 Å². The standard InChI is InChI=1S/C11H20N4O7S/c1-13(2)5-6-21-12-10(16)9-4-3-8-7-14(9)11(17)15(8)22-23(18,19)20/h8-9H,3-7H2,1-2H3,(H,12,16)(H,18,19,20)/t8?,9-/m0/s1. The summed E-state index contributed by atoms with van der Waals surface area (Å²) < 4.78 is 34.6. The zero-order valence-corrected chi connectivity index (χ0v) is 13.7. The summed E-state index contributed by atoms with van der Waals surface area (Å²) in [7, 11) is -1.07. The summed E-state index contributed by atoms with van der Waals surface area (Å²) in [6.07, 6.45) is 0.707. The molecule has 2 bridgehead atoms. The first-order valence-corrected chi connectivity index (χ1v) is 8.39. The van der Waals surface area contributed by atoms with Crippen molar-refractivity contribution in [2.75, 3.05) is 33.8 Å². The number of piperidine rings is 1. The lowest BCUT2D eigenvalue weighted by molar-refractivity contribution is -0.139. The molecule has 2 heterocycles. The Morgan fingerprint density at radius 1 is 1.43 bits per heavy atom. The molecule has 0 saturated carbocycles. The molecule has 2 aliphatic rings. The average molecular weight is 352 g/mol.